The van der Waals surface area contributed by atoms with Crippen LogP contribution in [0.3, 0.4) is 0 Å². The van der Waals surface area contributed by atoms with Crippen molar-refractivity contribution < 1.29 is 18.7 Å². The summed E-state index contributed by atoms with van der Waals surface area (Å²) in [6.45, 7) is 6.38. The molecule has 4 unspecified atom stereocenters. The highest BCUT2D eigenvalue weighted by Crippen LogP contribution is 2.49. The van der Waals surface area contributed by atoms with E-state index in [1.54, 1.807) is 19.0 Å². The van der Waals surface area contributed by atoms with E-state index in [-0.39, 0.29) is 17.4 Å². The number of nitrogens with zero attached hydrogens (tertiary/aromatic N) is 7. The summed E-state index contributed by atoms with van der Waals surface area (Å²) in [6, 6.07) is 8.42. The van der Waals surface area contributed by atoms with E-state index in [9.17, 15) is 9.18 Å². The molecule has 5 aliphatic rings. The zero-order chi connectivity index (χ0) is 32.5. The first-order valence-corrected chi connectivity index (χ1v) is 17.1. The number of ether oxygens (including phenoxy) is 2. The average molecular weight is 645 g/mol. The Bertz CT molecular complexity index is 1710. The minimum absolute atomic E-state index is 0.115. The van der Waals surface area contributed by atoms with Crippen molar-refractivity contribution in [2.75, 3.05) is 51.0 Å². The molecule has 47 heavy (non-hydrogen) atoms. The van der Waals surface area contributed by atoms with Gasteiger partial charge in [0.1, 0.15) is 24.2 Å². The molecule has 1 aliphatic carbocycles. The van der Waals surface area contributed by atoms with Gasteiger partial charge in [-0.1, -0.05) is 13.0 Å². The van der Waals surface area contributed by atoms with Crippen LogP contribution in [0.2, 0.25) is 0 Å². The Morgan fingerprint density at radius 3 is 2.91 bits per heavy atom. The van der Waals surface area contributed by atoms with E-state index in [1.165, 1.54) is 5.56 Å². The molecule has 1 spiro atoms. The number of anilines is 2. The van der Waals surface area contributed by atoms with Crippen LogP contribution in [-0.2, 0) is 42.9 Å². The summed E-state index contributed by atoms with van der Waals surface area (Å²) in [5, 5.41) is 4.64. The number of halogens is 1. The summed E-state index contributed by atoms with van der Waals surface area (Å²) in [5.74, 6) is 0.942. The standard InChI is InChI=1S/C35H45FN8O3/c1-22-6-7-23-8-9-25(37)14-28(23)35(22)17-30-27(20-47-35)31(39-33(38-30)46-21-34-10-4-12-43(34)18-24(36)16-34)42-11-5-13-44-26(19-42)15-29(40-44)32(45)41(2)3/h8-9,14-15,22,24H,4-7,10-13,16-21,37H2,1-3H3. The average Bonchev–Trinajstić information content (AvgIpc) is 3.68. The van der Waals surface area contributed by atoms with E-state index < -0.39 is 11.8 Å². The largest absolute Gasteiger partial charge is 0.461 e. The molecule has 250 valence electrons. The molecule has 1 amide bonds. The van der Waals surface area contributed by atoms with Crippen LogP contribution in [0.4, 0.5) is 15.9 Å². The van der Waals surface area contributed by atoms with Crippen LogP contribution in [-0.4, -0.2) is 87.5 Å². The summed E-state index contributed by atoms with van der Waals surface area (Å²) in [4.78, 5) is 29.0. The van der Waals surface area contributed by atoms with Crippen molar-refractivity contribution in [3.8, 4) is 6.01 Å². The summed E-state index contributed by atoms with van der Waals surface area (Å²) < 4.78 is 30.0. The summed E-state index contributed by atoms with van der Waals surface area (Å²) in [5.41, 5.74) is 11.9. The number of fused-ring (bicyclic) bond motifs is 5. The number of hydrogen-bond donors (Lipinski definition) is 1. The first-order chi connectivity index (χ1) is 22.6. The second-order valence-electron chi connectivity index (χ2n) is 14.5. The molecule has 2 saturated heterocycles. The number of aryl methyl sites for hydroxylation is 2. The number of benzene rings is 1. The first kappa shape index (κ1) is 30.6. The summed E-state index contributed by atoms with van der Waals surface area (Å²) >= 11 is 0. The van der Waals surface area contributed by atoms with Crippen LogP contribution in [0.1, 0.15) is 77.6 Å². The van der Waals surface area contributed by atoms with Crippen LogP contribution in [0.25, 0.3) is 0 Å². The minimum Gasteiger partial charge on any atom is -0.461 e. The third-order valence-corrected chi connectivity index (χ3v) is 11.4. The number of alkyl halides is 1. The van der Waals surface area contributed by atoms with Gasteiger partial charge in [0, 0.05) is 57.8 Å². The number of carbonyl (C=O) groups excluding carboxylic acids is 1. The van der Waals surface area contributed by atoms with E-state index in [0.29, 0.717) is 57.4 Å². The SMILES string of the molecule is CC1CCc2ccc(N)cc2C12Cc1nc(OCC34CCCN3CC(F)C4)nc(N3CCCn4nc(C(=O)N(C)C)cc4C3)c1CO2. The summed E-state index contributed by atoms with van der Waals surface area (Å²) in [6.07, 6.45) is 5.05. The Hall–Kier alpha value is -3.77. The lowest BCUT2D eigenvalue weighted by atomic mass is 9.68. The highest BCUT2D eigenvalue weighted by Gasteiger charge is 2.50. The van der Waals surface area contributed by atoms with E-state index in [0.717, 1.165) is 79.2 Å². The lowest BCUT2D eigenvalue weighted by molar-refractivity contribution is -0.117. The van der Waals surface area contributed by atoms with Gasteiger partial charge in [-0.2, -0.15) is 15.1 Å². The second kappa shape index (κ2) is 11.4. The normalized spacial score (nSPS) is 28.4. The molecule has 6 heterocycles. The zero-order valence-electron chi connectivity index (χ0n) is 27.7. The Morgan fingerprint density at radius 1 is 1.19 bits per heavy atom. The predicted octanol–water partition coefficient (Wildman–Crippen LogP) is 3.87. The molecule has 2 N–H and O–H groups in total. The van der Waals surface area contributed by atoms with Crippen molar-refractivity contribution >= 4 is 17.4 Å². The molecular formula is C35H45FN8O3. The van der Waals surface area contributed by atoms with Gasteiger partial charge in [-0.25, -0.2) is 4.39 Å². The molecule has 2 aromatic heterocycles. The fourth-order valence-electron chi connectivity index (χ4n) is 8.81. The molecule has 4 aliphatic heterocycles. The lowest BCUT2D eigenvalue weighted by Crippen LogP contribution is -2.46. The van der Waals surface area contributed by atoms with Crippen LogP contribution in [0, 0.1) is 5.92 Å². The number of nitrogens with two attached hydrogens (primary N) is 1. The third-order valence-electron chi connectivity index (χ3n) is 11.4. The van der Waals surface area contributed by atoms with Crippen molar-refractivity contribution in [2.45, 2.75) is 88.9 Å². The second-order valence-corrected chi connectivity index (χ2v) is 14.5. The van der Waals surface area contributed by atoms with Gasteiger partial charge in [0.2, 0.25) is 0 Å². The van der Waals surface area contributed by atoms with Crippen molar-refractivity contribution in [1.29, 1.82) is 0 Å². The fraction of sp³-hybridized carbons (Fsp3) is 0.600. The smallest absolute Gasteiger partial charge is 0.318 e. The zero-order valence-corrected chi connectivity index (χ0v) is 27.7. The van der Waals surface area contributed by atoms with Crippen molar-refractivity contribution in [3.05, 3.63) is 58.0 Å². The maximum absolute atomic E-state index is 14.6. The first-order valence-electron chi connectivity index (χ1n) is 17.1. The van der Waals surface area contributed by atoms with Gasteiger partial charge >= 0.3 is 6.01 Å². The molecule has 12 heteroatoms. The van der Waals surface area contributed by atoms with Crippen molar-refractivity contribution in [2.24, 2.45) is 5.92 Å². The van der Waals surface area contributed by atoms with Crippen LogP contribution < -0.4 is 15.4 Å². The van der Waals surface area contributed by atoms with E-state index in [1.807, 2.05) is 16.8 Å². The maximum atomic E-state index is 14.6. The van der Waals surface area contributed by atoms with Gasteiger partial charge in [-0.05, 0) is 73.9 Å². The molecular weight excluding hydrogens is 599 g/mol. The van der Waals surface area contributed by atoms with Crippen molar-refractivity contribution in [1.82, 2.24) is 29.5 Å². The highest BCUT2D eigenvalue weighted by molar-refractivity contribution is 5.92. The number of amides is 1. The van der Waals surface area contributed by atoms with Crippen LogP contribution >= 0.6 is 0 Å². The molecule has 1 aromatic carbocycles. The van der Waals surface area contributed by atoms with Crippen LogP contribution in [0.5, 0.6) is 6.01 Å². The number of rotatable bonds is 5. The molecule has 11 nitrogen and oxygen atoms in total. The third kappa shape index (κ3) is 5.15. The van der Waals surface area contributed by atoms with Gasteiger partial charge in [0.05, 0.1) is 30.1 Å². The topological polar surface area (TPSA) is 115 Å². The Balaban J connectivity index is 1.17. The Morgan fingerprint density at radius 2 is 2.06 bits per heavy atom. The van der Waals surface area contributed by atoms with E-state index in [2.05, 4.69) is 34.0 Å². The van der Waals surface area contributed by atoms with Crippen LogP contribution in [0.15, 0.2) is 24.3 Å². The molecule has 0 bridgehead atoms. The van der Waals surface area contributed by atoms with Gasteiger partial charge in [0.25, 0.3) is 5.91 Å². The van der Waals surface area contributed by atoms with Gasteiger partial charge < -0.3 is 25.0 Å². The predicted molar refractivity (Wildman–Crippen MR) is 175 cm³/mol. The van der Waals surface area contributed by atoms with Gasteiger partial charge in [-0.3, -0.25) is 14.4 Å². The molecule has 0 radical (unpaired) electrons. The molecule has 8 rings (SSSR count). The fourth-order valence-corrected chi connectivity index (χ4v) is 8.81. The van der Waals surface area contributed by atoms with E-state index in [4.69, 9.17) is 25.2 Å². The lowest BCUT2D eigenvalue weighted by Gasteiger charge is -2.47. The quantitative estimate of drug-likeness (QED) is 0.414. The molecule has 0 saturated carbocycles. The summed E-state index contributed by atoms with van der Waals surface area (Å²) in [7, 11) is 3.48. The number of nitrogen functional groups attached to an aromatic ring is 1. The number of carbonyl (C=O) groups is 1. The monoisotopic (exact) mass is 644 g/mol. The number of hydrogen-bond acceptors (Lipinski definition) is 9. The molecule has 4 atom stereocenters. The van der Waals surface area contributed by atoms with E-state index >= 15 is 0 Å². The molecule has 2 fully saturated rings. The highest BCUT2D eigenvalue weighted by atomic mass is 19.1. The Labute approximate surface area is 275 Å². The Kier molecular flexibility index (Phi) is 7.43. The van der Waals surface area contributed by atoms with Gasteiger partial charge in [-0.15, -0.1) is 0 Å². The number of aromatic nitrogens is 4. The maximum Gasteiger partial charge on any atom is 0.318 e. The van der Waals surface area contributed by atoms with Gasteiger partial charge in [0.15, 0.2) is 5.69 Å². The minimum atomic E-state index is -0.831. The van der Waals surface area contributed by atoms with Crippen molar-refractivity contribution in [3.63, 3.8) is 0 Å². The molecule has 3 aromatic rings.